The molecule has 100 heavy (non-hydrogen) atoms. The highest BCUT2D eigenvalue weighted by Crippen LogP contribution is 2.30. The second-order valence-electron chi connectivity index (χ2n) is 20.6. The van der Waals surface area contributed by atoms with Crippen LogP contribution in [0.2, 0.25) is 48.4 Å². The molecular weight excluding hydrogens is 1440 g/mol. The highest BCUT2D eigenvalue weighted by molar-refractivity contribution is 6.75. The van der Waals surface area contributed by atoms with Crippen molar-refractivity contribution in [1.82, 2.24) is 0 Å². The summed E-state index contributed by atoms with van der Waals surface area (Å²) in [6, 6.07) is 5.18. The van der Waals surface area contributed by atoms with Crippen molar-refractivity contribution >= 4 is 70.4 Å². The Kier molecular flexibility index (Phi) is 93.5. The van der Waals surface area contributed by atoms with E-state index in [1.807, 2.05) is 118 Å². The Labute approximate surface area is 617 Å². The van der Waals surface area contributed by atoms with Crippen LogP contribution in [-0.4, -0.2) is 267 Å². The molecule has 0 aromatic rings. The summed E-state index contributed by atoms with van der Waals surface area (Å²) in [5.41, 5.74) is 44.2. The van der Waals surface area contributed by atoms with Gasteiger partial charge in [-0.05, 0) is 228 Å². The lowest BCUT2D eigenvalue weighted by atomic mass is 10.5. The maximum absolute atomic E-state index is 9.78. The molecule has 0 saturated heterocycles. The first-order chi connectivity index (χ1) is 47.3. The van der Waals surface area contributed by atoms with Gasteiger partial charge in [0.15, 0.2) is 0 Å². The van der Waals surface area contributed by atoms with E-state index in [-0.39, 0.29) is 12.1 Å². The van der Waals surface area contributed by atoms with Gasteiger partial charge in [-0.1, -0.05) is 0 Å². The number of hydrogen-bond acceptors (Lipinski definition) is 31. The number of aliphatic hydroxyl groups is 1. The van der Waals surface area contributed by atoms with E-state index >= 15 is 0 Å². The van der Waals surface area contributed by atoms with Crippen molar-refractivity contribution < 1.29 is 108 Å². The van der Waals surface area contributed by atoms with Gasteiger partial charge in [0.05, 0.1) is 0 Å². The zero-order valence-electron chi connectivity index (χ0n) is 66.4. The van der Waals surface area contributed by atoms with E-state index in [1.54, 1.807) is 6.92 Å². The molecule has 0 saturated carbocycles. The minimum atomic E-state index is -2.89. The molecule has 0 aliphatic carbocycles. The van der Waals surface area contributed by atoms with Crippen LogP contribution in [-0.2, 0) is 83.5 Å². The highest BCUT2D eigenvalue weighted by atomic mass is 28.5. The fourth-order valence-electron chi connectivity index (χ4n) is 8.90. The van der Waals surface area contributed by atoms with Crippen LogP contribution in [0.15, 0.2) is 0 Å². The standard InChI is InChI=1S/2C14H36N2O5Si2.C9H23NO3Si.3C7H19NO3Si.C2H6O.H2O/c2*1-5-17-22(18-6-2,13-9-11-15)21-23(19-7-3,20-8-4)14-10-12-16;1-4-11-14(12-5-2,13-6-3)9-7-8-10;3*1-3-10-12(9,11-4-2)7-5-6-8;1-2-3;/h2*5-16H2,1-4H3;4-10H2,1-3H3;3*9H,3-8H2,1-2H3;3H,2H2,1H3;1H2. The largest absolute Gasteiger partial charge is 0.500 e. The molecule has 0 aromatic carbocycles. The average Bonchev–Trinajstić information content (AvgIpc) is 0.819. The first kappa shape index (κ1) is 116. The zero-order valence-corrected chi connectivity index (χ0v) is 74.4. The Balaban J connectivity index is -0.000000171. The number of hydrogen-bond donors (Lipinski definition) is 12. The summed E-state index contributed by atoms with van der Waals surface area (Å²) >= 11 is 0. The molecule has 0 rings (SSSR count). The first-order valence-corrected chi connectivity index (χ1v) is 52.6. The smallest absolute Gasteiger partial charge is 0.412 e. The van der Waals surface area contributed by atoms with Crippen molar-refractivity contribution in [3.8, 4) is 0 Å². The Morgan fingerprint density at radius 2 is 0.310 bits per heavy atom. The quantitative estimate of drug-likeness (QED) is 0.0355. The molecule has 40 heteroatoms. The van der Waals surface area contributed by atoms with Gasteiger partial charge in [0.1, 0.15) is 0 Å². The third-order valence-corrected chi connectivity index (χ3v) is 37.6. The Hall–Kier alpha value is 0.455. The molecule has 0 aliphatic rings. The van der Waals surface area contributed by atoms with E-state index in [4.69, 9.17) is 134 Å². The predicted molar refractivity (Wildman–Crippen MR) is 417 cm³/mol. The van der Waals surface area contributed by atoms with Gasteiger partial charge in [-0.2, -0.15) is 0 Å². The van der Waals surface area contributed by atoms with Crippen molar-refractivity contribution in [2.45, 2.75) is 224 Å². The molecule has 0 spiro atoms. The van der Waals surface area contributed by atoms with E-state index in [2.05, 4.69) is 0 Å². The monoisotopic (exact) mass is 1600 g/mol. The molecule has 0 unspecified atom stereocenters. The topological polar surface area (TPSA) is 496 Å². The lowest BCUT2D eigenvalue weighted by Crippen LogP contribution is -2.59. The zero-order chi connectivity index (χ0) is 77.1. The van der Waals surface area contributed by atoms with Gasteiger partial charge in [0.2, 0.25) is 0 Å². The summed E-state index contributed by atoms with van der Waals surface area (Å²) in [6.45, 7) is 48.1. The van der Waals surface area contributed by atoms with Crippen LogP contribution in [0.3, 0.4) is 0 Å². The van der Waals surface area contributed by atoms with Crippen LogP contribution >= 0.6 is 0 Å². The highest BCUT2D eigenvalue weighted by Gasteiger charge is 2.54. The number of rotatable bonds is 62. The van der Waals surface area contributed by atoms with Crippen molar-refractivity contribution in [2.75, 3.05) is 171 Å². The van der Waals surface area contributed by atoms with Crippen LogP contribution < -0.4 is 45.9 Å². The summed E-state index contributed by atoms with van der Waals surface area (Å²) in [4.78, 5) is 29.3. The lowest BCUT2D eigenvalue weighted by Gasteiger charge is -2.38. The van der Waals surface area contributed by atoms with Crippen LogP contribution in [0.25, 0.3) is 0 Å². The summed E-state index contributed by atoms with van der Waals surface area (Å²) in [5.74, 6) is 0. The molecule has 0 aliphatic heterocycles. The van der Waals surface area contributed by atoms with Crippen molar-refractivity contribution in [3.05, 3.63) is 0 Å². The molecule has 0 fully saturated rings. The summed E-state index contributed by atoms with van der Waals surface area (Å²) < 4.78 is 109. The minimum absolute atomic E-state index is 0. The molecule has 22 N–H and O–H groups in total. The first-order valence-electron chi connectivity index (χ1n) is 37.0. The Morgan fingerprint density at radius 1 is 0.200 bits per heavy atom. The normalized spacial score (nSPS) is 12.1. The molecule has 32 nitrogen and oxygen atoms in total. The van der Waals surface area contributed by atoms with Crippen molar-refractivity contribution in [3.63, 3.8) is 0 Å². The van der Waals surface area contributed by atoms with Gasteiger partial charge in [-0.15, -0.1) is 0 Å². The predicted octanol–water partition coefficient (Wildman–Crippen LogP) is 5.02. The van der Waals surface area contributed by atoms with Gasteiger partial charge < -0.3 is 154 Å². The maximum atomic E-state index is 9.78. The second-order valence-corrected chi connectivity index (χ2v) is 42.2. The van der Waals surface area contributed by atoms with E-state index in [1.165, 1.54) is 0 Å². The number of aliphatic hydroxyl groups excluding tert-OH is 1. The summed E-state index contributed by atoms with van der Waals surface area (Å²) in [5, 5.41) is 7.57. The molecular formula is C60H160N8O24Si8. The van der Waals surface area contributed by atoms with Crippen molar-refractivity contribution in [2.24, 2.45) is 45.9 Å². The Bertz CT molecular complexity index is 1380. The van der Waals surface area contributed by atoms with Crippen molar-refractivity contribution in [1.29, 1.82) is 0 Å². The van der Waals surface area contributed by atoms with E-state index < -0.39 is 70.4 Å². The lowest BCUT2D eigenvalue weighted by molar-refractivity contribution is 0.0476. The molecule has 0 bridgehead atoms. The van der Waals surface area contributed by atoms with Crippen LogP contribution in [0.5, 0.6) is 0 Å². The molecule has 0 heterocycles. The molecule has 0 atom stereocenters. The fraction of sp³-hybridized carbons (Fsp3) is 1.00. The SMILES string of the molecule is CCO.CCO[Si](CCCN)(OCC)OCC.CCO[Si](CCCN)(OCC)O[Si](CCCN)(OCC)OCC.CCO[Si](CCCN)(OCC)O[Si](CCCN)(OCC)OCC.CCO[Si](O)(CCCN)OCC.CCO[Si](O)(CCCN)OCC.CCO[Si](O)(CCCN)OCC.O. The van der Waals surface area contributed by atoms with E-state index in [9.17, 15) is 14.4 Å². The van der Waals surface area contributed by atoms with Gasteiger partial charge >= 0.3 is 70.4 Å². The molecule has 616 valence electrons. The Morgan fingerprint density at radius 3 is 0.430 bits per heavy atom. The van der Waals surface area contributed by atoms with Gasteiger partial charge in [-0.3, -0.25) is 0 Å². The third-order valence-electron chi connectivity index (χ3n) is 12.4. The van der Waals surface area contributed by atoms with Gasteiger partial charge in [0.25, 0.3) is 0 Å². The molecule has 0 radical (unpaired) electrons. The second kappa shape index (κ2) is 80.5. The third kappa shape index (κ3) is 64.4. The number of nitrogens with two attached hydrogens (primary N) is 8. The van der Waals surface area contributed by atoms with Gasteiger partial charge in [-0.25, -0.2) is 0 Å². The van der Waals surface area contributed by atoms with E-state index in [0.29, 0.717) is 207 Å². The minimum Gasteiger partial charge on any atom is -0.412 e. The fourth-order valence-corrected chi connectivity index (χ4v) is 32.2. The molecule has 0 amide bonds. The maximum Gasteiger partial charge on any atom is 0.500 e. The van der Waals surface area contributed by atoms with Crippen LogP contribution in [0.4, 0.5) is 0 Å². The van der Waals surface area contributed by atoms with E-state index in [0.717, 1.165) is 57.4 Å². The van der Waals surface area contributed by atoms with Crippen LogP contribution in [0.1, 0.15) is 176 Å². The molecule has 0 aromatic heterocycles. The summed E-state index contributed by atoms with van der Waals surface area (Å²) in [6.07, 6.45) is 6.29. The van der Waals surface area contributed by atoms with Gasteiger partial charge in [0, 0.05) is 167 Å². The van der Waals surface area contributed by atoms with Crippen LogP contribution in [0, 0.1) is 0 Å². The summed E-state index contributed by atoms with van der Waals surface area (Å²) in [7, 11) is -22.5. The average molecular weight is 1600 g/mol.